The maximum absolute atomic E-state index is 5.47. The number of methoxy groups -OCH3 is 1. The molecule has 5 nitrogen and oxygen atoms in total. The van der Waals surface area contributed by atoms with Crippen LogP contribution in [0.25, 0.3) is 16.6 Å². The average Bonchev–Trinajstić information content (AvgIpc) is 3.07. The summed E-state index contributed by atoms with van der Waals surface area (Å²) in [5, 5.41) is 3.42. The highest BCUT2D eigenvalue weighted by Crippen LogP contribution is 2.32. The maximum atomic E-state index is 5.47. The Hall–Kier alpha value is -3.08. The number of rotatable bonds is 3. The molecule has 0 radical (unpaired) electrons. The summed E-state index contributed by atoms with van der Waals surface area (Å²) >= 11 is 0. The van der Waals surface area contributed by atoms with Crippen LogP contribution in [0, 0.1) is 6.92 Å². The Balaban J connectivity index is 1.94. The molecule has 0 saturated carbocycles. The van der Waals surface area contributed by atoms with Gasteiger partial charge in [0.15, 0.2) is 5.82 Å². The fraction of sp³-hybridized carbons (Fsp3) is 0.111. The zero-order valence-electron chi connectivity index (χ0n) is 12.9. The molecular weight excluding hydrogens is 288 g/mol. The van der Waals surface area contributed by atoms with Gasteiger partial charge in [0.05, 0.1) is 36.4 Å². The van der Waals surface area contributed by atoms with E-state index in [0.29, 0.717) is 0 Å². The van der Waals surface area contributed by atoms with Crippen LogP contribution in [0.1, 0.15) is 5.56 Å². The van der Waals surface area contributed by atoms with Gasteiger partial charge in [0.1, 0.15) is 11.3 Å². The van der Waals surface area contributed by atoms with Gasteiger partial charge < -0.3 is 10.1 Å². The van der Waals surface area contributed by atoms with Crippen molar-refractivity contribution in [1.29, 1.82) is 0 Å². The number of aromatic nitrogens is 3. The van der Waals surface area contributed by atoms with E-state index in [4.69, 9.17) is 9.72 Å². The average molecular weight is 304 g/mol. The molecule has 0 atom stereocenters. The lowest BCUT2D eigenvalue weighted by molar-refractivity contribution is 0.416. The molecular formula is C18H16N4O. The van der Waals surface area contributed by atoms with Gasteiger partial charge >= 0.3 is 0 Å². The number of benzene rings is 2. The lowest BCUT2D eigenvalue weighted by Crippen LogP contribution is -2.02. The number of para-hydroxylation sites is 3. The molecule has 0 aliphatic heterocycles. The fourth-order valence-corrected chi connectivity index (χ4v) is 2.78. The predicted molar refractivity (Wildman–Crippen MR) is 91.5 cm³/mol. The summed E-state index contributed by atoms with van der Waals surface area (Å²) < 4.78 is 7.50. The molecule has 5 heteroatoms. The molecule has 2 heterocycles. The maximum Gasteiger partial charge on any atom is 0.157 e. The number of hydrogen-bond donors (Lipinski definition) is 1. The summed E-state index contributed by atoms with van der Waals surface area (Å²) in [5.74, 6) is 1.55. The molecule has 4 aromatic rings. The molecule has 0 aliphatic carbocycles. The van der Waals surface area contributed by atoms with Gasteiger partial charge in [-0.05, 0) is 30.7 Å². The van der Waals surface area contributed by atoms with E-state index in [9.17, 15) is 0 Å². The number of nitrogens with zero attached hydrogens (tertiary/aromatic N) is 3. The molecule has 0 spiro atoms. The molecule has 0 saturated heterocycles. The first-order valence-corrected chi connectivity index (χ1v) is 7.39. The van der Waals surface area contributed by atoms with Crippen LogP contribution < -0.4 is 10.1 Å². The minimum Gasteiger partial charge on any atom is -0.495 e. The largest absolute Gasteiger partial charge is 0.495 e. The summed E-state index contributed by atoms with van der Waals surface area (Å²) in [6.45, 7) is 2.04. The van der Waals surface area contributed by atoms with Crippen molar-refractivity contribution in [3.8, 4) is 5.75 Å². The van der Waals surface area contributed by atoms with Crippen molar-refractivity contribution in [3.63, 3.8) is 0 Å². The standard InChI is InChI=1S/C18H16N4O/c1-12-6-5-9-16(23-2)17(12)21-18-15-10-19-11-22(15)14-8-4-3-7-13(14)20-18/h3-11H,1-2H3,(H,20,21). The number of nitrogens with one attached hydrogen (secondary N) is 1. The van der Waals surface area contributed by atoms with Crippen LogP contribution in [0.5, 0.6) is 5.75 Å². The van der Waals surface area contributed by atoms with Gasteiger partial charge in [-0.15, -0.1) is 0 Å². The zero-order chi connectivity index (χ0) is 15.8. The number of anilines is 2. The second-order valence-corrected chi connectivity index (χ2v) is 5.38. The number of fused-ring (bicyclic) bond motifs is 3. The van der Waals surface area contributed by atoms with Crippen LogP contribution in [0.15, 0.2) is 55.0 Å². The van der Waals surface area contributed by atoms with E-state index in [-0.39, 0.29) is 0 Å². The molecule has 0 fully saturated rings. The van der Waals surface area contributed by atoms with E-state index in [1.165, 1.54) is 0 Å². The summed E-state index contributed by atoms with van der Waals surface area (Å²) in [5.41, 5.74) is 4.88. The van der Waals surface area contributed by atoms with Gasteiger partial charge in [-0.2, -0.15) is 0 Å². The number of imidazole rings is 1. The molecule has 2 aromatic carbocycles. The summed E-state index contributed by atoms with van der Waals surface area (Å²) in [4.78, 5) is 9.03. The smallest absolute Gasteiger partial charge is 0.157 e. The van der Waals surface area contributed by atoms with Crippen molar-refractivity contribution < 1.29 is 4.74 Å². The molecule has 0 bridgehead atoms. The first kappa shape index (κ1) is 13.6. The van der Waals surface area contributed by atoms with Gasteiger partial charge in [-0.1, -0.05) is 24.3 Å². The molecule has 1 N–H and O–H groups in total. The van der Waals surface area contributed by atoms with Crippen molar-refractivity contribution in [2.45, 2.75) is 6.92 Å². The second-order valence-electron chi connectivity index (χ2n) is 5.38. The highest BCUT2D eigenvalue weighted by Gasteiger charge is 2.12. The second kappa shape index (κ2) is 5.28. The van der Waals surface area contributed by atoms with Crippen LogP contribution in [-0.4, -0.2) is 21.5 Å². The van der Waals surface area contributed by atoms with Crippen molar-refractivity contribution >= 4 is 28.1 Å². The minimum absolute atomic E-state index is 0.758. The quantitative estimate of drug-likeness (QED) is 0.623. The summed E-state index contributed by atoms with van der Waals surface area (Å²) in [6.07, 6.45) is 3.62. The Morgan fingerprint density at radius 2 is 1.91 bits per heavy atom. The normalized spacial score (nSPS) is 11.0. The van der Waals surface area contributed by atoms with E-state index in [0.717, 1.165) is 39.4 Å². The Morgan fingerprint density at radius 3 is 2.78 bits per heavy atom. The number of aryl methyl sites for hydroxylation is 1. The third-order valence-corrected chi connectivity index (χ3v) is 3.95. The van der Waals surface area contributed by atoms with Crippen molar-refractivity contribution in [2.24, 2.45) is 0 Å². The van der Waals surface area contributed by atoms with E-state index < -0.39 is 0 Å². The molecule has 23 heavy (non-hydrogen) atoms. The zero-order valence-corrected chi connectivity index (χ0v) is 12.9. The molecule has 114 valence electrons. The van der Waals surface area contributed by atoms with Gasteiger partial charge in [0, 0.05) is 0 Å². The van der Waals surface area contributed by atoms with Crippen LogP contribution in [0.4, 0.5) is 11.5 Å². The molecule has 0 amide bonds. The van der Waals surface area contributed by atoms with Crippen LogP contribution in [0.3, 0.4) is 0 Å². The van der Waals surface area contributed by atoms with E-state index in [2.05, 4.69) is 10.3 Å². The highest BCUT2D eigenvalue weighted by atomic mass is 16.5. The summed E-state index contributed by atoms with van der Waals surface area (Å²) in [6, 6.07) is 14.0. The Morgan fingerprint density at radius 1 is 1.04 bits per heavy atom. The number of hydrogen-bond acceptors (Lipinski definition) is 4. The van der Waals surface area contributed by atoms with Crippen molar-refractivity contribution in [3.05, 3.63) is 60.6 Å². The lowest BCUT2D eigenvalue weighted by atomic mass is 10.2. The van der Waals surface area contributed by atoms with Crippen LogP contribution in [-0.2, 0) is 0 Å². The van der Waals surface area contributed by atoms with Gasteiger partial charge in [0.25, 0.3) is 0 Å². The SMILES string of the molecule is COc1cccc(C)c1Nc1nc2ccccc2n2cncc12. The van der Waals surface area contributed by atoms with E-state index >= 15 is 0 Å². The minimum atomic E-state index is 0.758. The van der Waals surface area contributed by atoms with Crippen LogP contribution in [0.2, 0.25) is 0 Å². The third-order valence-electron chi connectivity index (χ3n) is 3.95. The number of ether oxygens (including phenoxy) is 1. The summed E-state index contributed by atoms with van der Waals surface area (Å²) in [7, 11) is 1.67. The predicted octanol–water partition coefficient (Wildman–Crippen LogP) is 3.94. The first-order valence-electron chi connectivity index (χ1n) is 7.39. The lowest BCUT2D eigenvalue weighted by Gasteiger charge is -2.15. The van der Waals surface area contributed by atoms with Gasteiger partial charge in [-0.25, -0.2) is 9.97 Å². The Kier molecular flexibility index (Phi) is 3.12. The topological polar surface area (TPSA) is 51.5 Å². The van der Waals surface area contributed by atoms with E-state index in [1.54, 1.807) is 13.4 Å². The van der Waals surface area contributed by atoms with E-state index in [1.807, 2.05) is 60.0 Å². The van der Waals surface area contributed by atoms with Crippen molar-refractivity contribution in [1.82, 2.24) is 14.4 Å². The molecule has 0 unspecified atom stereocenters. The molecule has 0 aliphatic rings. The van der Waals surface area contributed by atoms with Crippen molar-refractivity contribution in [2.75, 3.05) is 12.4 Å². The third kappa shape index (κ3) is 2.17. The Labute approximate surface area is 133 Å². The first-order chi connectivity index (χ1) is 11.3. The van der Waals surface area contributed by atoms with Crippen LogP contribution >= 0.6 is 0 Å². The highest BCUT2D eigenvalue weighted by molar-refractivity contribution is 5.86. The van der Waals surface area contributed by atoms with Gasteiger partial charge in [-0.3, -0.25) is 4.40 Å². The Bertz CT molecular complexity index is 1010. The fourth-order valence-electron chi connectivity index (χ4n) is 2.78. The molecule has 4 rings (SSSR count). The molecule has 2 aromatic heterocycles. The monoisotopic (exact) mass is 304 g/mol. The van der Waals surface area contributed by atoms with Gasteiger partial charge in [0.2, 0.25) is 0 Å².